The molecule has 1 saturated heterocycles. The Balaban J connectivity index is 1.59. The molecule has 2 heterocycles. The molecule has 1 spiro atoms. The topological polar surface area (TPSA) is 50.2 Å². The van der Waals surface area contributed by atoms with E-state index in [9.17, 15) is 4.79 Å². The van der Waals surface area contributed by atoms with Crippen LogP contribution in [-0.4, -0.2) is 32.9 Å². The minimum absolute atomic E-state index is 0.139. The highest BCUT2D eigenvalue weighted by Crippen LogP contribution is 2.38. The second-order valence-corrected chi connectivity index (χ2v) is 7.43. The van der Waals surface area contributed by atoms with Crippen LogP contribution in [0.1, 0.15) is 55.4 Å². The van der Waals surface area contributed by atoms with Crippen LogP contribution in [0.4, 0.5) is 0 Å². The summed E-state index contributed by atoms with van der Waals surface area (Å²) in [7, 11) is 3.95. The maximum Gasteiger partial charge on any atom is 0.244 e. The first-order valence-electron chi connectivity index (χ1n) is 9.20. The zero-order valence-electron chi connectivity index (χ0n) is 15.0. The lowest BCUT2D eigenvalue weighted by Crippen LogP contribution is -2.48. The highest BCUT2D eigenvalue weighted by molar-refractivity contribution is 5.88. The predicted octanol–water partition coefficient (Wildman–Crippen LogP) is 2.77. The predicted molar refractivity (Wildman–Crippen MR) is 96.9 cm³/mol. The van der Waals surface area contributed by atoms with Crippen LogP contribution >= 0.6 is 0 Å². The van der Waals surface area contributed by atoms with Gasteiger partial charge in [0.15, 0.2) is 0 Å². The van der Waals surface area contributed by atoms with Crippen molar-refractivity contribution in [2.75, 3.05) is 7.05 Å². The number of likely N-dealkylation sites (N-methyl/N-ethyl adjacent to an activating group) is 1. The first-order chi connectivity index (χ1) is 12.1. The van der Waals surface area contributed by atoms with Gasteiger partial charge in [0.1, 0.15) is 12.0 Å². The third-order valence-corrected chi connectivity index (χ3v) is 5.83. The number of carbonyl (C=O) groups excluding carboxylic acids is 1. The Hall–Kier alpha value is -2.14. The van der Waals surface area contributed by atoms with Gasteiger partial charge >= 0.3 is 0 Å². The molecule has 2 aliphatic rings. The van der Waals surface area contributed by atoms with Gasteiger partial charge in [-0.1, -0.05) is 49.6 Å². The second kappa shape index (κ2) is 6.30. The maximum atomic E-state index is 12.9. The summed E-state index contributed by atoms with van der Waals surface area (Å²) in [6, 6.07) is 10.4. The van der Waals surface area contributed by atoms with E-state index in [1.165, 1.54) is 12.0 Å². The van der Waals surface area contributed by atoms with E-state index in [0.29, 0.717) is 0 Å². The molecule has 0 radical (unpaired) electrons. The molecule has 2 fully saturated rings. The Bertz CT molecular complexity index is 761. The Morgan fingerprint density at radius 1 is 1.16 bits per heavy atom. The number of imidazole rings is 1. The Labute approximate surface area is 149 Å². The van der Waals surface area contributed by atoms with Gasteiger partial charge < -0.3 is 9.47 Å². The van der Waals surface area contributed by atoms with Gasteiger partial charge in [0.05, 0.1) is 5.54 Å². The molecule has 1 aliphatic carbocycles. The molecule has 5 nitrogen and oxygen atoms in total. The van der Waals surface area contributed by atoms with Crippen LogP contribution < -0.4 is 5.32 Å². The Morgan fingerprint density at radius 3 is 2.60 bits per heavy atom. The summed E-state index contributed by atoms with van der Waals surface area (Å²) in [5.41, 5.74) is 2.06. The molecule has 0 bridgehead atoms. The normalized spacial score (nSPS) is 22.7. The number of nitrogens with zero attached hydrogens (tertiary/aromatic N) is 3. The molecule has 1 aliphatic heterocycles. The average molecular weight is 338 g/mol. The van der Waals surface area contributed by atoms with Crippen LogP contribution in [0.5, 0.6) is 0 Å². The minimum atomic E-state index is -0.372. The summed E-state index contributed by atoms with van der Waals surface area (Å²) in [5, 5.41) is 3.63. The second-order valence-electron chi connectivity index (χ2n) is 7.43. The van der Waals surface area contributed by atoms with Crippen LogP contribution in [-0.2, 0) is 18.3 Å². The van der Waals surface area contributed by atoms with Crippen LogP contribution in [0.2, 0.25) is 0 Å². The summed E-state index contributed by atoms with van der Waals surface area (Å²) >= 11 is 0. The van der Waals surface area contributed by atoms with Crippen molar-refractivity contribution in [2.24, 2.45) is 7.05 Å². The van der Waals surface area contributed by atoms with Gasteiger partial charge in [-0.3, -0.25) is 10.1 Å². The largest absolute Gasteiger partial charge is 0.332 e. The number of nitrogens with one attached hydrogen (secondary N) is 1. The van der Waals surface area contributed by atoms with E-state index in [1.54, 1.807) is 0 Å². The first kappa shape index (κ1) is 16.3. The highest BCUT2D eigenvalue weighted by atomic mass is 16.2. The van der Waals surface area contributed by atoms with E-state index in [0.717, 1.165) is 43.6 Å². The fourth-order valence-corrected chi connectivity index (χ4v) is 4.31. The number of aromatic nitrogens is 2. The van der Waals surface area contributed by atoms with Gasteiger partial charge in [-0.25, -0.2) is 4.98 Å². The van der Waals surface area contributed by atoms with E-state index in [1.807, 2.05) is 31.3 Å². The lowest BCUT2D eigenvalue weighted by atomic mass is 9.82. The van der Waals surface area contributed by atoms with Crippen LogP contribution in [0.25, 0.3) is 0 Å². The Kier molecular flexibility index (Phi) is 4.12. The number of hydrogen-bond donors (Lipinski definition) is 1. The standard InChI is InChI=1S/C20H26N4O/c1-23-16(13-15-9-5-3-6-10-15)14-21-17(23)18-22-20(19(25)24(18)2)11-7-4-8-12-20/h3,5-6,9-10,14,18,22H,4,7-8,11-13H2,1-2H3. The monoisotopic (exact) mass is 338 g/mol. The number of rotatable bonds is 3. The quantitative estimate of drug-likeness (QED) is 0.936. The van der Waals surface area contributed by atoms with E-state index in [4.69, 9.17) is 0 Å². The lowest BCUT2D eigenvalue weighted by molar-refractivity contribution is -0.133. The molecule has 1 unspecified atom stereocenters. The van der Waals surface area contributed by atoms with Crippen molar-refractivity contribution in [1.82, 2.24) is 19.8 Å². The van der Waals surface area contributed by atoms with Gasteiger partial charge in [0.25, 0.3) is 0 Å². The SMILES string of the molecule is CN1C(=O)C2(CCCCC2)NC1c1ncc(Cc2ccccc2)n1C. The number of carbonyl (C=O) groups is 1. The molecular formula is C20H26N4O. The molecule has 25 heavy (non-hydrogen) atoms. The van der Waals surface area contributed by atoms with Crippen molar-refractivity contribution in [1.29, 1.82) is 0 Å². The van der Waals surface area contributed by atoms with E-state index in [2.05, 4.69) is 39.1 Å². The Morgan fingerprint density at radius 2 is 1.88 bits per heavy atom. The van der Waals surface area contributed by atoms with Crippen LogP contribution in [0, 0.1) is 0 Å². The summed E-state index contributed by atoms with van der Waals surface area (Å²) in [5.74, 6) is 1.15. The highest BCUT2D eigenvalue weighted by Gasteiger charge is 2.51. The minimum Gasteiger partial charge on any atom is -0.332 e. The van der Waals surface area contributed by atoms with Crippen molar-refractivity contribution in [3.63, 3.8) is 0 Å². The molecule has 1 saturated carbocycles. The van der Waals surface area contributed by atoms with Gasteiger partial charge in [-0.05, 0) is 18.4 Å². The summed E-state index contributed by atoms with van der Waals surface area (Å²) < 4.78 is 2.14. The van der Waals surface area contributed by atoms with E-state index in [-0.39, 0.29) is 17.6 Å². The van der Waals surface area contributed by atoms with Gasteiger partial charge in [0.2, 0.25) is 5.91 Å². The zero-order chi connectivity index (χ0) is 17.4. The van der Waals surface area contributed by atoms with E-state index < -0.39 is 0 Å². The third kappa shape index (κ3) is 2.76. The van der Waals surface area contributed by atoms with Crippen molar-refractivity contribution >= 4 is 5.91 Å². The zero-order valence-corrected chi connectivity index (χ0v) is 15.0. The van der Waals surface area contributed by atoms with Crippen LogP contribution in [0.15, 0.2) is 36.5 Å². The smallest absolute Gasteiger partial charge is 0.244 e. The van der Waals surface area contributed by atoms with Crippen molar-refractivity contribution in [3.05, 3.63) is 53.6 Å². The van der Waals surface area contributed by atoms with Crippen molar-refractivity contribution < 1.29 is 4.79 Å². The molecule has 5 heteroatoms. The third-order valence-electron chi connectivity index (χ3n) is 5.83. The fourth-order valence-electron chi connectivity index (χ4n) is 4.31. The molecule has 1 N–H and O–H groups in total. The fraction of sp³-hybridized carbons (Fsp3) is 0.500. The summed E-state index contributed by atoms with van der Waals surface area (Å²) in [6.07, 6.45) is 8.00. The molecule has 1 amide bonds. The van der Waals surface area contributed by atoms with E-state index >= 15 is 0 Å². The molecule has 4 rings (SSSR count). The van der Waals surface area contributed by atoms with Gasteiger partial charge in [-0.2, -0.15) is 0 Å². The molecule has 1 aromatic heterocycles. The number of amides is 1. The number of hydrogen-bond acceptors (Lipinski definition) is 3. The molecular weight excluding hydrogens is 312 g/mol. The maximum absolute atomic E-state index is 12.9. The first-order valence-corrected chi connectivity index (χ1v) is 9.20. The molecule has 1 aromatic carbocycles. The molecule has 1 atom stereocenters. The van der Waals surface area contributed by atoms with Crippen molar-refractivity contribution in [3.8, 4) is 0 Å². The molecule has 132 valence electrons. The summed E-state index contributed by atoms with van der Waals surface area (Å²) in [4.78, 5) is 19.4. The van der Waals surface area contributed by atoms with Crippen LogP contribution in [0.3, 0.4) is 0 Å². The van der Waals surface area contributed by atoms with Gasteiger partial charge in [0, 0.05) is 32.4 Å². The number of benzene rings is 1. The van der Waals surface area contributed by atoms with Crippen molar-refractivity contribution in [2.45, 2.75) is 50.2 Å². The average Bonchev–Trinajstić information content (AvgIpc) is 3.10. The van der Waals surface area contributed by atoms with Gasteiger partial charge in [-0.15, -0.1) is 0 Å². The molecule has 2 aromatic rings. The lowest BCUT2D eigenvalue weighted by Gasteiger charge is -2.31. The summed E-state index contributed by atoms with van der Waals surface area (Å²) in [6.45, 7) is 0.